The molecule has 0 radical (unpaired) electrons. The van der Waals surface area contributed by atoms with Gasteiger partial charge in [0.1, 0.15) is 6.26 Å². The van der Waals surface area contributed by atoms with Crippen molar-refractivity contribution in [1.82, 2.24) is 5.32 Å². The van der Waals surface area contributed by atoms with Crippen molar-refractivity contribution in [2.24, 2.45) is 0 Å². The van der Waals surface area contributed by atoms with Gasteiger partial charge in [-0.2, -0.15) is 0 Å². The lowest BCUT2D eigenvalue weighted by molar-refractivity contribution is 0.409. The second-order valence-corrected chi connectivity index (χ2v) is 3.58. The largest absolute Gasteiger partial charge is 0.471 e. The molecule has 3 heteroatoms. The van der Waals surface area contributed by atoms with E-state index in [9.17, 15) is 0 Å². The van der Waals surface area contributed by atoms with Crippen LogP contribution in [0.1, 0.15) is 30.9 Å². The van der Waals surface area contributed by atoms with Gasteiger partial charge in [-0.1, -0.05) is 18.0 Å². The molecule has 0 aliphatic carbocycles. The van der Waals surface area contributed by atoms with Crippen LogP contribution in [0.25, 0.3) is 0 Å². The first-order valence-electron chi connectivity index (χ1n) is 4.33. The monoisotopic (exact) mass is 185 g/mol. The Balaban J connectivity index is 2.13. The number of nitrogens with one attached hydrogen (secondary N) is 1. The molecular formula is C9H12ClNO. The predicted molar refractivity (Wildman–Crippen MR) is 48.3 cm³/mol. The fourth-order valence-electron chi connectivity index (χ4n) is 1.66. The molecule has 1 saturated heterocycles. The summed E-state index contributed by atoms with van der Waals surface area (Å²) in [5, 5.41) is 4.16. The Morgan fingerprint density at radius 3 is 2.92 bits per heavy atom. The van der Waals surface area contributed by atoms with E-state index in [-0.39, 0.29) is 0 Å². The van der Waals surface area contributed by atoms with Crippen LogP contribution < -0.4 is 5.32 Å². The summed E-state index contributed by atoms with van der Waals surface area (Å²) < 4.78 is 5.03. The van der Waals surface area contributed by atoms with Crippen molar-refractivity contribution in [3.8, 4) is 0 Å². The highest BCUT2D eigenvalue weighted by Crippen LogP contribution is 2.29. The zero-order valence-corrected chi connectivity index (χ0v) is 7.60. The number of halogens is 1. The van der Waals surface area contributed by atoms with Crippen LogP contribution in [0, 0.1) is 0 Å². The van der Waals surface area contributed by atoms with Gasteiger partial charge in [-0.3, -0.25) is 0 Å². The SMILES string of the molecule is Clc1cocc1C1CCCCN1. The van der Waals surface area contributed by atoms with Crippen LogP contribution in [0.3, 0.4) is 0 Å². The predicted octanol–water partition coefficient (Wildman–Crippen LogP) is 2.75. The number of rotatable bonds is 1. The van der Waals surface area contributed by atoms with E-state index in [0.29, 0.717) is 6.04 Å². The van der Waals surface area contributed by atoms with Crippen LogP contribution in [-0.4, -0.2) is 6.54 Å². The van der Waals surface area contributed by atoms with E-state index in [4.69, 9.17) is 16.0 Å². The lowest BCUT2D eigenvalue weighted by Crippen LogP contribution is -2.26. The molecule has 1 N–H and O–H groups in total. The molecular weight excluding hydrogens is 174 g/mol. The number of piperidine rings is 1. The van der Waals surface area contributed by atoms with Crippen LogP contribution >= 0.6 is 11.6 Å². The van der Waals surface area contributed by atoms with Crippen molar-refractivity contribution in [3.05, 3.63) is 23.1 Å². The van der Waals surface area contributed by atoms with Gasteiger partial charge in [0.2, 0.25) is 0 Å². The van der Waals surface area contributed by atoms with Crippen molar-refractivity contribution in [3.63, 3.8) is 0 Å². The van der Waals surface area contributed by atoms with Gasteiger partial charge >= 0.3 is 0 Å². The summed E-state index contributed by atoms with van der Waals surface area (Å²) in [5.74, 6) is 0. The van der Waals surface area contributed by atoms with Gasteiger partial charge < -0.3 is 9.73 Å². The lowest BCUT2D eigenvalue weighted by Gasteiger charge is -2.22. The van der Waals surface area contributed by atoms with Crippen LogP contribution in [0.15, 0.2) is 16.9 Å². The average Bonchev–Trinajstić information content (AvgIpc) is 2.53. The molecule has 1 aromatic rings. The van der Waals surface area contributed by atoms with Gasteiger partial charge in [0.15, 0.2) is 0 Å². The normalized spacial score (nSPS) is 24.2. The molecule has 2 heterocycles. The highest BCUT2D eigenvalue weighted by molar-refractivity contribution is 6.31. The van der Waals surface area contributed by atoms with E-state index in [1.165, 1.54) is 19.3 Å². The van der Waals surface area contributed by atoms with Gasteiger partial charge in [0.25, 0.3) is 0 Å². The smallest absolute Gasteiger partial charge is 0.109 e. The molecule has 12 heavy (non-hydrogen) atoms. The first-order chi connectivity index (χ1) is 5.88. The average molecular weight is 186 g/mol. The maximum atomic E-state index is 5.94. The first kappa shape index (κ1) is 8.14. The molecule has 1 fully saturated rings. The maximum absolute atomic E-state index is 5.94. The quantitative estimate of drug-likeness (QED) is 0.728. The highest BCUT2D eigenvalue weighted by Gasteiger charge is 2.18. The maximum Gasteiger partial charge on any atom is 0.109 e. The summed E-state index contributed by atoms with van der Waals surface area (Å²) in [4.78, 5) is 0. The van der Waals surface area contributed by atoms with E-state index in [0.717, 1.165) is 17.1 Å². The number of furan rings is 1. The Morgan fingerprint density at radius 1 is 1.42 bits per heavy atom. The summed E-state index contributed by atoms with van der Waals surface area (Å²) in [7, 11) is 0. The van der Waals surface area contributed by atoms with Crippen LogP contribution in [0.5, 0.6) is 0 Å². The molecule has 2 rings (SSSR count). The summed E-state index contributed by atoms with van der Waals surface area (Å²) in [6.45, 7) is 1.09. The Labute approximate surface area is 76.9 Å². The lowest BCUT2D eigenvalue weighted by atomic mass is 10.00. The van der Waals surface area contributed by atoms with Crippen molar-refractivity contribution in [2.45, 2.75) is 25.3 Å². The van der Waals surface area contributed by atoms with Gasteiger partial charge in [-0.25, -0.2) is 0 Å². The summed E-state index contributed by atoms with van der Waals surface area (Å²) in [6, 6.07) is 0.407. The third kappa shape index (κ3) is 1.50. The van der Waals surface area contributed by atoms with Gasteiger partial charge in [0, 0.05) is 11.6 Å². The highest BCUT2D eigenvalue weighted by atomic mass is 35.5. The second-order valence-electron chi connectivity index (χ2n) is 3.18. The number of hydrogen-bond acceptors (Lipinski definition) is 2. The Morgan fingerprint density at radius 2 is 2.33 bits per heavy atom. The standard InChI is InChI=1S/C9H12ClNO/c10-8-6-12-5-7(8)9-3-1-2-4-11-9/h5-6,9,11H,1-4H2. The molecule has 1 aliphatic heterocycles. The van der Waals surface area contributed by atoms with Crippen LogP contribution in [0.4, 0.5) is 0 Å². The number of hydrogen-bond donors (Lipinski definition) is 1. The molecule has 1 aromatic heterocycles. The van der Waals surface area contributed by atoms with E-state index >= 15 is 0 Å². The molecule has 1 aliphatic rings. The van der Waals surface area contributed by atoms with Gasteiger partial charge in [0.05, 0.1) is 11.3 Å². The zero-order chi connectivity index (χ0) is 8.39. The summed E-state index contributed by atoms with van der Waals surface area (Å²) in [5.41, 5.74) is 1.11. The third-order valence-corrected chi connectivity index (χ3v) is 2.64. The Bertz CT molecular complexity index is 253. The van der Waals surface area contributed by atoms with Gasteiger partial charge in [-0.15, -0.1) is 0 Å². The summed E-state index contributed by atoms with van der Waals surface area (Å²) in [6.07, 6.45) is 7.04. The third-order valence-electron chi connectivity index (χ3n) is 2.33. The zero-order valence-electron chi connectivity index (χ0n) is 6.85. The second kappa shape index (κ2) is 3.50. The summed E-state index contributed by atoms with van der Waals surface area (Å²) >= 11 is 5.94. The fourth-order valence-corrected chi connectivity index (χ4v) is 1.88. The molecule has 1 atom stereocenters. The fraction of sp³-hybridized carbons (Fsp3) is 0.556. The minimum Gasteiger partial charge on any atom is -0.471 e. The minimum absolute atomic E-state index is 0.407. The molecule has 0 bridgehead atoms. The molecule has 1 unspecified atom stereocenters. The molecule has 0 amide bonds. The molecule has 2 nitrogen and oxygen atoms in total. The topological polar surface area (TPSA) is 25.2 Å². The van der Waals surface area contributed by atoms with Gasteiger partial charge in [-0.05, 0) is 19.4 Å². The minimum atomic E-state index is 0.407. The molecule has 0 saturated carbocycles. The van der Waals surface area contributed by atoms with Crippen LogP contribution in [0.2, 0.25) is 5.02 Å². The van der Waals surface area contributed by atoms with Crippen molar-refractivity contribution >= 4 is 11.6 Å². The Hall–Kier alpha value is -0.470. The van der Waals surface area contributed by atoms with E-state index in [2.05, 4.69) is 5.32 Å². The van der Waals surface area contributed by atoms with Crippen molar-refractivity contribution in [1.29, 1.82) is 0 Å². The molecule has 0 spiro atoms. The van der Waals surface area contributed by atoms with Crippen molar-refractivity contribution in [2.75, 3.05) is 6.54 Å². The van der Waals surface area contributed by atoms with E-state index in [1.807, 2.05) is 0 Å². The first-order valence-corrected chi connectivity index (χ1v) is 4.70. The van der Waals surface area contributed by atoms with E-state index in [1.54, 1.807) is 12.5 Å². The molecule has 0 aromatic carbocycles. The van der Waals surface area contributed by atoms with Crippen molar-refractivity contribution < 1.29 is 4.42 Å². The van der Waals surface area contributed by atoms with Crippen LogP contribution in [-0.2, 0) is 0 Å². The van der Waals surface area contributed by atoms with E-state index < -0.39 is 0 Å². The Kier molecular flexibility index (Phi) is 2.38. The molecule has 66 valence electrons.